The van der Waals surface area contributed by atoms with Crippen LogP contribution in [0.3, 0.4) is 0 Å². The summed E-state index contributed by atoms with van der Waals surface area (Å²) in [6.07, 6.45) is 2.88. The molecule has 0 aliphatic heterocycles. The molecule has 0 aliphatic rings. The summed E-state index contributed by atoms with van der Waals surface area (Å²) in [6.45, 7) is 5.57. The predicted octanol–water partition coefficient (Wildman–Crippen LogP) is 3.65. The molecule has 1 atom stereocenters. The smallest absolute Gasteiger partial charge is 0.0793 e. The second-order valence-electron chi connectivity index (χ2n) is 3.39. The van der Waals surface area contributed by atoms with Crippen LogP contribution in [0, 0.1) is 6.92 Å². The number of hydrogen-bond acceptors (Lipinski definition) is 1. The maximum atomic E-state index is 9.76. The molecule has 1 aromatic carbocycles. The van der Waals surface area contributed by atoms with Gasteiger partial charge in [-0.3, -0.25) is 0 Å². The van der Waals surface area contributed by atoms with E-state index in [1.54, 1.807) is 6.08 Å². The lowest BCUT2D eigenvalue weighted by molar-refractivity contribution is 0.169. The van der Waals surface area contributed by atoms with Crippen LogP contribution >= 0.6 is 11.6 Å². The highest BCUT2D eigenvalue weighted by Crippen LogP contribution is 2.23. The van der Waals surface area contributed by atoms with Gasteiger partial charge in [0.1, 0.15) is 0 Å². The Bertz CT molecular complexity index is 320. The fraction of sp³-hybridized carbons (Fsp3) is 0.333. The van der Waals surface area contributed by atoms with Gasteiger partial charge in [0, 0.05) is 5.02 Å². The Hall–Kier alpha value is -0.790. The fourth-order valence-electron chi connectivity index (χ4n) is 1.26. The van der Waals surface area contributed by atoms with Gasteiger partial charge in [0.15, 0.2) is 0 Å². The van der Waals surface area contributed by atoms with Gasteiger partial charge in [0.25, 0.3) is 0 Å². The Morgan fingerprint density at radius 1 is 1.57 bits per heavy atom. The van der Waals surface area contributed by atoms with Crippen LogP contribution in [0.15, 0.2) is 30.9 Å². The lowest BCUT2D eigenvalue weighted by Gasteiger charge is -2.10. The lowest BCUT2D eigenvalue weighted by atomic mass is 10.0. The molecule has 76 valence electrons. The molecule has 0 fully saturated rings. The van der Waals surface area contributed by atoms with Crippen LogP contribution in [-0.4, -0.2) is 5.11 Å². The highest BCUT2D eigenvalue weighted by molar-refractivity contribution is 6.31. The average Bonchev–Trinajstić information content (AvgIpc) is 2.18. The van der Waals surface area contributed by atoms with Crippen molar-refractivity contribution in [2.75, 3.05) is 0 Å². The number of aryl methyl sites for hydroxylation is 1. The van der Waals surface area contributed by atoms with Crippen LogP contribution in [0.1, 0.15) is 30.1 Å². The number of aliphatic hydroxyl groups excluding tert-OH is 1. The van der Waals surface area contributed by atoms with Crippen molar-refractivity contribution in [3.63, 3.8) is 0 Å². The van der Waals surface area contributed by atoms with Gasteiger partial charge in [-0.2, -0.15) is 0 Å². The third-order valence-electron chi connectivity index (χ3n) is 2.22. The van der Waals surface area contributed by atoms with Crippen molar-refractivity contribution >= 4 is 11.6 Å². The second-order valence-corrected chi connectivity index (χ2v) is 3.80. The summed E-state index contributed by atoms with van der Waals surface area (Å²) in [7, 11) is 0. The minimum Gasteiger partial charge on any atom is -0.388 e. The molecular weight excluding hydrogens is 196 g/mol. The number of benzene rings is 1. The molecule has 0 heterocycles. The average molecular weight is 211 g/mol. The fourth-order valence-corrected chi connectivity index (χ4v) is 1.45. The summed E-state index contributed by atoms with van der Waals surface area (Å²) in [5.41, 5.74) is 1.91. The van der Waals surface area contributed by atoms with E-state index in [4.69, 9.17) is 11.6 Å². The zero-order chi connectivity index (χ0) is 10.6. The van der Waals surface area contributed by atoms with Gasteiger partial charge >= 0.3 is 0 Å². The summed E-state index contributed by atoms with van der Waals surface area (Å²) >= 11 is 5.96. The SMILES string of the molecule is C=CCCC(O)c1ccc(C)c(Cl)c1. The Morgan fingerprint density at radius 2 is 2.29 bits per heavy atom. The van der Waals surface area contributed by atoms with E-state index >= 15 is 0 Å². The Morgan fingerprint density at radius 3 is 2.86 bits per heavy atom. The van der Waals surface area contributed by atoms with Gasteiger partial charge in [-0.15, -0.1) is 6.58 Å². The molecule has 0 saturated carbocycles. The maximum absolute atomic E-state index is 9.76. The van der Waals surface area contributed by atoms with Crippen LogP contribution < -0.4 is 0 Å². The van der Waals surface area contributed by atoms with Crippen molar-refractivity contribution in [2.45, 2.75) is 25.9 Å². The molecule has 0 aliphatic carbocycles. The zero-order valence-electron chi connectivity index (χ0n) is 8.33. The number of allylic oxidation sites excluding steroid dienone is 1. The van der Waals surface area contributed by atoms with Gasteiger partial charge in [0.05, 0.1) is 6.10 Å². The van der Waals surface area contributed by atoms with Crippen molar-refractivity contribution in [1.82, 2.24) is 0 Å². The predicted molar refractivity (Wildman–Crippen MR) is 60.6 cm³/mol. The molecule has 1 nitrogen and oxygen atoms in total. The number of rotatable bonds is 4. The molecule has 0 radical (unpaired) electrons. The van der Waals surface area contributed by atoms with Crippen molar-refractivity contribution in [3.05, 3.63) is 47.0 Å². The second kappa shape index (κ2) is 5.18. The lowest BCUT2D eigenvalue weighted by Crippen LogP contribution is -1.96. The van der Waals surface area contributed by atoms with Crippen LogP contribution in [0.5, 0.6) is 0 Å². The number of aliphatic hydroxyl groups is 1. The van der Waals surface area contributed by atoms with E-state index in [-0.39, 0.29) is 0 Å². The van der Waals surface area contributed by atoms with E-state index in [0.29, 0.717) is 11.4 Å². The van der Waals surface area contributed by atoms with Crippen molar-refractivity contribution < 1.29 is 5.11 Å². The summed E-state index contributed by atoms with van der Waals surface area (Å²) in [5.74, 6) is 0. The maximum Gasteiger partial charge on any atom is 0.0793 e. The molecule has 1 aromatic rings. The van der Waals surface area contributed by atoms with Crippen molar-refractivity contribution in [1.29, 1.82) is 0 Å². The highest BCUT2D eigenvalue weighted by Gasteiger charge is 2.07. The molecular formula is C12H15ClO. The first-order valence-corrected chi connectivity index (χ1v) is 5.08. The zero-order valence-corrected chi connectivity index (χ0v) is 9.09. The standard InChI is InChI=1S/C12H15ClO/c1-3-4-5-12(14)10-7-6-9(2)11(13)8-10/h3,6-8,12,14H,1,4-5H2,2H3. The molecule has 1 unspecified atom stereocenters. The Kier molecular flexibility index (Phi) is 4.18. The molecule has 1 rings (SSSR count). The van der Waals surface area contributed by atoms with E-state index in [9.17, 15) is 5.11 Å². The van der Waals surface area contributed by atoms with Gasteiger partial charge in [-0.05, 0) is 37.0 Å². The van der Waals surface area contributed by atoms with Gasteiger partial charge in [0.2, 0.25) is 0 Å². The molecule has 0 bridgehead atoms. The van der Waals surface area contributed by atoms with Crippen LogP contribution in [0.25, 0.3) is 0 Å². The summed E-state index contributed by atoms with van der Waals surface area (Å²) < 4.78 is 0. The van der Waals surface area contributed by atoms with Crippen molar-refractivity contribution in [2.24, 2.45) is 0 Å². The molecule has 0 aromatic heterocycles. The largest absolute Gasteiger partial charge is 0.388 e. The van der Waals surface area contributed by atoms with Gasteiger partial charge in [-0.25, -0.2) is 0 Å². The monoisotopic (exact) mass is 210 g/mol. The van der Waals surface area contributed by atoms with Crippen LogP contribution in [0.4, 0.5) is 0 Å². The van der Waals surface area contributed by atoms with Crippen LogP contribution in [-0.2, 0) is 0 Å². The molecule has 2 heteroatoms. The van der Waals surface area contributed by atoms with Gasteiger partial charge in [-0.1, -0.05) is 29.8 Å². The topological polar surface area (TPSA) is 20.2 Å². The normalized spacial score (nSPS) is 12.5. The summed E-state index contributed by atoms with van der Waals surface area (Å²) in [5, 5.41) is 10.5. The van der Waals surface area contributed by atoms with Crippen LogP contribution in [0.2, 0.25) is 5.02 Å². The quantitative estimate of drug-likeness (QED) is 0.753. The molecule has 0 spiro atoms. The minimum absolute atomic E-state index is 0.439. The summed E-state index contributed by atoms with van der Waals surface area (Å²) in [6, 6.07) is 5.66. The Labute approximate surface area is 90.0 Å². The molecule has 14 heavy (non-hydrogen) atoms. The highest BCUT2D eigenvalue weighted by atomic mass is 35.5. The first-order valence-electron chi connectivity index (χ1n) is 4.70. The Balaban J connectivity index is 2.75. The van der Waals surface area contributed by atoms with Crippen molar-refractivity contribution in [3.8, 4) is 0 Å². The molecule has 1 N–H and O–H groups in total. The minimum atomic E-state index is -0.439. The molecule has 0 amide bonds. The number of hydrogen-bond donors (Lipinski definition) is 1. The first-order chi connectivity index (χ1) is 6.65. The number of halogens is 1. The van der Waals surface area contributed by atoms with E-state index in [1.165, 1.54) is 0 Å². The molecule has 0 saturated heterocycles. The van der Waals surface area contributed by atoms with E-state index in [1.807, 2.05) is 25.1 Å². The third-order valence-corrected chi connectivity index (χ3v) is 2.63. The third kappa shape index (κ3) is 2.86. The van der Waals surface area contributed by atoms with E-state index < -0.39 is 6.10 Å². The summed E-state index contributed by atoms with van der Waals surface area (Å²) in [4.78, 5) is 0. The van der Waals surface area contributed by atoms with E-state index in [0.717, 1.165) is 17.5 Å². The van der Waals surface area contributed by atoms with Gasteiger partial charge < -0.3 is 5.11 Å². The van der Waals surface area contributed by atoms with E-state index in [2.05, 4.69) is 6.58 Å². The first kappa shape index (κ1) is 11.3.